The fourth-order valence-electron chi connectivity index (χ4n) is 3.23. The summed E-state index contributed by atoms with van der Waals surface area (Å²) >= 11 is 5.95. The van der Waals surface area contributed by atoms with Gasteiger partial charge in [0, 0.05) is 28.9 Å². The van der Waals surface area contributed by atoms with Crippen LogP contribution in [0.2, 0.25) is 5.02 Å². The highest BCUT2D eigenvalue weighted by Crippen LogP contribution is 2.33. The lowest BCUT2D eigenvalue weighted by Gasteiger charge is -2.31. The highest BCUT2D eigenvalue weighted by atomic mass is 35.5. The predicted octanol–water partition coefficient (Wildman–Crippen LogP) is 3.23. The molecule has 4 heteroatoms. The molecule has 0 spiro atoms. The Bertz CT molecular complexity index is 597. The third-order valence-corrected chi connectivity index (χ3v) is 4.56. The van der Waals surface area contributed by atoms with Gasteiger partial charge < -0.3 is 0 Å². The molecule has 0 saturated carbocycles. The van der Waals surface area contributed by atoms with Crippen molar-refractivity contribution >= 4 is 11.6 Å². The Kier molecular flexibility index (Phi) is 4.54. The minimum atomic E-state index is 0.195. The Morgan fingerprint density at radius 2 is 2.10 bits per heavy atom. The number of benzene rings is 1. The molecule has 1 heterocycles. The first-order valence-electron chi connectivity index (χ1n) is 7.42. The van der Waals surface area contributed by atoms with Crippen LogP contribution in [0.3, 0.4) is 0 Å². The molecule has 21 heavy (non-hydrogen) atoms. The monoisotopic (exact) mass is 301 g/mol. The third kappa shape index (κ3) is 3.26. The Hall–Kier alpha value is -1.42. The molecule has 2 atom stereocenters. The van der Waals surface area contributed by atoms with Gasteiger partial charge in [0.1, 0.15) is 0 Å². The average molecular weight is 302 g/mol. The number of halogens is 1. The molecule has 3 rings (SSSR count). The first kappa shape index (κ1) is 14.5. The van der Waals surface area contributed by atoms with Crippen LogP contribution in [0.25, 0.3) is 0 Å². The van der Waals surface area contributed by atoms with Crippen molar-refractivity contribution < 1.29 is 0 Å². The lowest BCUT2D eigenvalue weighted by Crippen LogP contribution is -2.42. The molecule has 3 N–H and O–H groups in total. The molecule has 2 unspecified atom stereocenters. The third-order valence-electron chi connectivity index (χ3n) is 4.31. The zero-order chi connectivity index (χ0) is 14.7. The molecule has 0 aliphatic heterocycles. The highest BCUT2D eigenvalue weighted by Gasteiger charge is 2.28. The molecule has 1 aromatic heterocycles. The normalized spacial score (nSPS) is 19.0. The predicted molar refractivity (Wildman–Crippen MR) is 86.2 cm³/mol. The molecule has 3 nitrogen and oxygen atoms in total. The maximum atomic E-state index is 5.95. The molecular formula is C17H20ClN3. The molecule has 110 valence electrons. The maximum absolute atomic E-state index is 5.95. The van der Waals surface area contributed by atoms with E-state index in [1.165, 1.54) is 23.2 Å². The van der Waals surface area contributed by atoms with E-state index >= 15 is 0 Å². The summed E-state index contributed by atoms with van der Waals surface area (Å²) in [6.45, 7) is 0. The van der Waals surface area contributed by atoms with Crippen molar-refractivity contribution in [1.82, 2.24) is 10.4 Å². The molecule has 0 bridgehead atoms. The van der Waals surface area contributed by atoms with Crippen LogP contribution >= 0.6 is 11.6 Å². The number of nitrogens with one attached hydrogen (secondary N) is 1. The topological polar surface area (TPSA) is 50.9 Å². The van der Waals surface area contributed by atoms with Gasteiger partial charge in [0.05, 0.1) is 0 Å². The number of rotatable bonds is 4. The summed E-state index contributed by atoms with van der Waals surface area (Å²) in [4.78, 5) is 4.61. The standard InChI is InChI=1S/C17H20ClN3/c18-14-8-6-12(7-9-14)11-16(21-19)15-5-1-3-13-4-2-10-20-17(13)15/h2,4,6-10,15-16,21H,1,3,5,11,19H2. The van der Waals surface area contributed by atoms with E-state index < -0.39 is 0 Å². The van der Waals surface area contributed by atoms with E-state index in [-0.39, 0.29) is 6.04 Å². The molecular weight excluding hydrogens is 282 g/mol. The number of aryl methyl sites for hydroxylation is 1. The molecule has 0 radical (unpaired) electrons. The van der Waals surface area contributed by atoms with E-state index in [9.17, 15) is 0 Å². The molecule has 0 saturated heterocycles. The second-order valence-corrected chi connectivity index (χ2v) is 6.09. The molecule has 1 aliphatic rings. The smallest absolute Gasteiger partial charge is 0.0482 e. The Morgan fingerprint density at radius 1 is 1.29 bits per heavy atom. The lowest BCUT2D eigenvalue weighted by molar-refractivity contribution is 0.387. The Morgan fingerprint density at radius 3 is 2.86 bits per heavy atom. The van der Waals surface area contributed by atoms with Crippen molar-refractivity contribution in [3.05, 3.63) is 64.4 Å². The van der Waals surface area contributed by atoms with E-state index in [0.717, 1.165) is 24.3 Å². The van der Waals surface area contributed by atoms with Crippen LogP contribution in [0, 0.1) is 0 Å². The molecule has 1 aromatic carbocycles. The number of aromatic nitrogens is 1. The lowest BCUT2D eigenvalue weighted by atomic mass is 9.80. The molecule has 1 aliphatic carbocycles. The van der Waals surface area contributed by atoms with Gasteiger partial charge in [-0.3, -0.25) is 16.3 Å². The van der Waals surface area contributed by atoms with Crippen LogP contribution in [0.5, 0.6) is 0 Å². The summed E-state index contributed by atoms with van der Waals surface area (Å²) < 4.78 is 0. The van der Waals surface area contributed by atoms with Gasteiger partial charge in [-0.1, -0.05) is 29.8 Å². The average Bonchev–Trinajstić information content (AvgIpc) is 2.54. The van der Waals surface area contributed by atoms with Crippen molar-refractivity contribution in [2.45, 2.75) is 37.6 Å². The quantitative estimate of drug-likeness (QED) is 0.673. The number of nitrogens with two attached hydrogens (primary N) is 1. The number of fused-ring (bicyclic) bond motifs is 1. The van der Waals surface area contributed by atoms with Crippen molar-refractivity contribution in [3.63, 3.8) is 0 Å². The molecule has 0 amide bonds. The van der Waals surface area contributed by atoms with E-state index in [1.807, 2.05) is 24.4 Å². The van der Waals surface area contributed by atoms with Crippen molar-refractivity contribution in [2.24, 2.45) is 5.84 Å². The minimum Gasteiger partial charge on any atom is -0.271 e. The highest BCUT2D eigenvalue weighted by molar-refractivity contribution is 6.30. The Balaban J connectivity index is 1.82. The number of hydrogen-bond acceptors (Lipinski definition) is 3. The summed E-state index contributed by atoms with van der Waals surface area (Å²) in [5.74, 6) is 6.21. The van der Waals surface area contributed by atoms with E-state index in [1.54, 1.807) is 0 Å². The number of hydrazine groups is 1. The molecule has 2 aromatic rings. The fourth-order valence-corrected chi connectivity index (χ4v) is 3.35. The van der Waals surface area contributed by atoms with Crippen molar-refractivity contribution in [1.29, 1.82) is 0 Å². The van der Waals surface area contributed by atoms with Gasteiger partial charge in [0.2, 0.25) is 0 Å². The van der Waals surface area contributed by atoms with Gasteiger partial charge in [0.15, 0.2) is 0 Å². The maximum Gasteiger partial charge on any atom is 0.0482 e. The van der Waals surface area contributed by atoms with Crippen LogP contribution in [-0.2, 0) is 12.8 Å². The van der Waals surface area contributed by atoms with Crippen molar-refractivity contribution in [2.75, 3.05) is 0 Å². The number of pyridine rings is 1. The van der Waals surface area contributed by atoms with Gasteiger partial charge in [0.25, 0.3) is 0 Å². The molecule has 0 fully saturated rings. The first-order valence-corrected chi connectivity index (χ1v) is 7.80. The van der Waals surface area contributed by atoms with E-state index in [2.05, 4.69) is 28.6 Å². The summed E-state index contributed by atoms with van der Waals surface area (Å²) in [6.07, 6.45) is 6.22. The number of nitrogens with zero attached hydrogens (tertiary/aromatic N) is 1. The van der Waals surface area contributed by atoms with Crippen LogP contribution in [0.4, 0.5) is 0 Å². The largest absolute Gasteiger partial charge is 0.271 e. The number of hydrogen-bond donors (Lipinski definition) is 2. The van der Waals surface area contributed by atoms with Crippen LogP contribution < -0.4 is 11.3 Å². The van der Waals surface area contributed by atoms with E-state index in [0.29, 0.717) is 5.92 Å². The zero-order valence-electron chi connectivity index (χ0n) is 11.9. The van der Waals surface area contributed by atoms with Crippen LogP contribution in [0.1, 0.15) is 35.6 Å². The van der Waals surface area contributed by atoms with Crippen LogP contribution in [0.15, 0.2) is 42.6 Å². The first-order chi connectivity index (χ1) is 10.3. The summed E-state index contributed by atoms with van der Waals surface area (Å²) in [6, 6.07) is 12.4. The SMILES string of the molecule is NNC(Cc1ccc(Cl)cc1)C1CCCc2cccnc21. The van der Waals surface area contributed by atoms with Gasteiger partial charge in [-0.15, -0.1) is 0 Å². The minimum absolute atomic E-state index is 0.195. The second-order valence-electron chi connectivity index (χ2n) is 5.65. The zero-order valence-corrected chi connectivity index (χ0v) is 12.7. The van der Waals surface area contributed by atoms with Crippen LogP contribution in [-0.4, -0.2) is 11.0 Å². The summed E-state index contributed by atoms with van der Waals surface area (Å²) in [7, 11) is 0. The summed E-state index contributed by atoms with van der Waals surface area (Å²) in [5.41, 5.74) is 6.82. The van der Waals surface area contributed by atoms with E-state index in [4.69, 9.17) is 17.4 Å². The van der Waals surface area contributed by atoms with Crippen molar-refractivity contribution in [3.8, 4) is 0 Å². The summed E-state index contributed by atoms with van der Waals surface area (Å²) in [5, 5.41) is 0.765. The van der Waals surface area contributed by atoms with Gasteiger partial charge >= 0.3 is 0 Å². The van der Waals surface area contributed by atoms with Gasteiger partial charge in [-0.05, 0) is 55.0 Å². The fraction of sp³-hybridized carbons (Fsp3) is 0.353. The Labute approximate surface area is 130 Å². The van der Waals surface area contributed by atoms with Gasteiger partial charge in [-0.2, -0.15) is 0 Å². The second kappa shape index (κ2) is 6.56. The van der Waals surface area contributed by atoms with Gasteiger partial charge in [-0.25, -0.2) is 0 Å².